The van der Waals surface area contributed by atoms with Gasteiger partial charge in [0, 0.05) is 12.2 Å². The molecule has 2 aromatic rings. The van der Waals surface area contributed by atoms with Crippen LogP contribution in [-0.2, 0) is 6.42 Å². The molecule has 1 atom stereocenters. The zero-order valence-electron chi connectivity index (χ0n) is 12.0. The first-order valence-electron chi connectivity index (χ1n) is 7.15. The number of aliphatic hydroxyl groups is 1. The van der Waals surface area contributed by atoms with Crippen molar-refractivity contribution in [3.8, 4) is 5.75 Å². The van der Waals surface area contributed by atoms with E-state index in [0.29, 0.717) is 6.54 Å². The molecule has 0 amide bonds. The summed E-state index contributed by atoms with van der Waals surface area (Å²) < 4.78 is 5.49. The van der Waals surface area contributed by atoms with Crippen LogP contribution < -0.4 is 15.8 Å². The molecular formula is C17H22N2O2. The predicted octanol–water partition coefficient (Wildman–Crippen LogP) is 1.84. The van der Waals surface area contributed by atoms with Gasteiger partial charge in [0.05, 0.1) is 0 Å². The Balaban J connectivity index is 1.61. The number of hydrogen-bond acceptors (Lipinski definition) is 4. The lowest BCUT2D eigenvalue weighted by Gasteiger charge is -2.13. The second-order valence-corrected chi connectivity index (χ2v) is 4.93. The van der Waals surface area contributed by atoms with Crippen molar-refractivity contribution < 1.29 is 9.84 Å². The molecule has 4 N–H and O–H groups in total. The van der Waals surface area contributed by atoms with E-state index in [1.54, 1.807) is 0 Å². The average Bonchev–Trinajstić information content (AvgIpc) is 2.52. The molecule has 0 spiro atoms. The second kappa shape index (κ2) is 8.29. The van der Waals surface area contributed by atoms with Crippen LogP contribution in [0.1, 0.15) is 5.56 Å². The van der Waals surface area contributed by atoms with Gasteiger partial charge in [0.1, 0.15) is 18.5 Å². The number of aliphatic hydroxyl groups excluding tert-OH is 1. The molecular weight excluding hydrogens is 264 g/mol. The highest BCUT2D eigenvalue weighted by Crippen LogP contribution is 2.10. The van der Waals surface area contributed by atoms with Gasteiger partial charge in [0.2, 0.25) is 0 Å². The van der Waals surface area contributed by atoms with Gasteiger partial charge >= 0.3 is 0 Å². The van der Waals surface area contributed by atoms with E-state index in [1.807, 2.05) is 54.6 Å². The summed E-state index contributed by atoms with van der Waals surface area (Å²) in [5, 5.41) is 13.1. The van der Waals surface area contributed by atoms with Gasteiger partial charge in [-0.1, -0.05) is 36.4 Å². The van der Waals surface area contributed by atoms with Crippen molar-refractivity contribution in [2.45, 2.75) is 12.5 Å². The number of para-hydroxylation sites is 2. The van der Waals surface area contributed by atoms with Crippen molar-refractivity contribution in [3.05, 3.63) is 60.2 Å². The van der Waals surface area contributed by atoms with Crippen LogP contribution in [0.3, 0.4) is 0 Å². The molecule has 0 saturated carbocycles. The van der Waals surface area contributed by atoms with E-state index in [-0.39, 0.29) is 6.61 Å². The highest BCUT2D eigenvalue weighted by atomic mass is 16.5. The second-order valence-electron chi connectivity index (χ2n) is 4.93. The number of hydrogen-bond donors (Lipinski definition) is 3. The number of nitrogens with one attached hydrogen (secondary N) is 1. The largest absolute Gasteiger partial charge is 0.491 e. The van der Waals surface area contributed by atoms with Gasteiger partial charge in [-0.3, -0.25) is 0 Å². The predicted molar refractivity (Wildman–Crippen MR) is 85.4 cm³/mol. The van der Waals surface area contributed by atoms with E-state index < -0.39 is 6.10 Å². The smallest absolute Gasteiger partial charge is 0.119 e. The third-order valence-corrected chi connectivity index (χ3v) is 3.19. The molecule has 2 rings (SSSR count). The SMILES string of the molecule is Nc1ccccc1CCNCC(O)COc1ccccc1. The quantitative estimate of drug-likeness (QED) is 0.512. The molecule has 0 saturated heterocycles. The van der Waals surface area contributed by atoms with Crippen molar-refractivity contribution in [1.82, 2.24) is 5.32 Å². The summed E-state index contributed by atoms with van der Waals surface area (Å²) in [5.74, 6) is 0.772. The normalized spacial score (nSPS) is 12.0. The Labute approximate surface area is 125 Å². The molecule has 0 aliphatic heterocycles. The zero-order chi connectivity index (χ0) is 14.9. The lowest BCUT2D eigenvalue weighted by atomic mass is 10.1. The van der Waals surface area contributed by atoms with E-state index in [1.165, 1.54) is 0 Å². The van der Waals surface area contributed by atoms with Gasteiger partial charge in [-0.15, -0.1) is 0 Å². The number of nitrogens with two attached hydrogens (primary N) is 1. The fraction of sp³-hybridized carbons (Fsp3) is 0.294. The molecule has 4 nitrogen and oxygen atoms in total. The number of ether oxygens (including phenoxy) is 1. The fourth-order valence-electron chi connectivity index (χ4n) is 2.02. The maximum Gasteiger partial charge on any atom is 0.119 e. The van der Waals surface area contributed by atoms with E-state index in [9.17, 15) is 5.11 Å². The van der Waals surface area contributed by atoms with Crippen LogP contribution in [0.15, 0.2) is 54.6 Å². The summed E-state index contributed by atoms with van der Waals surface area (Å²) >= 11 is 0. The third kappa shape index (κ3) is 5.45. The fourth-order valence-corrected chi connectivity index (χ4v) is 2.02. The molecule has 0 radical (unpaired) electrons. The standard InChI is InChI=1S/C17H22N2O2/c18-17-9-5-4-6-14(17)10-11-19-12-15(20)13-21-16-7-2-1-3-8-16/h1-9,15,19-20H,10-13,18H2. The molecule has 0 aliphatic carbocycles. The van der Waals surface area contributed by atoms with Crippen molar-refractivity contribution in [3.63, 3.8) is 0 Å². The van der Waals surface area contributed by atoms with Gasteiger partial charge in [-0.25, -0.2) is 0 Å². The topological polar surface area (TPSA) is 67.5 Å². The zero-order valence-corrected chi connectivity index (χ0v) is 12.0. The summed E-state index contributed by atoms with van der Waals surface area (Å²) in [6.45, 7) is 1.56. The molecule has 4 heteroatoms. The minimum absolute atomic E-state index is 0.282. The number of nitrogen functional groups attached to an aromatic ring is 1. The molecule has 0 fully saturated rings. The maximum atomic E-state index is 9.85. The van der Waals surface area contributed by atoms with Crippen molar-refractivity contribution >= 4 is 5.69 Å². The highest BCUT2D eigenvalue weighted by molar-refractivity contribution is 5.46. The summed E-state index contributed by atoms with van der Waals surface area (Å²) in [6.07, 6.45) is 0.317. The summed E-state index contributed by atoms with van der Waals surface area (Å²) in [7, 11) is 0. The van der Waals surface area contributed by atoms with E-state index in [4.69, 9.17) is 10.5 Å². The monoisotopic (exact) mass is 286 g/mol. The number of benzene rings is 2. The molecule has 1 unspecified atom stereocenters. The Morgan fingerprint density at radius 1 is 1.05 bits per heavy atom. The van der Waals surface area contributed by atoms with Crippen LogP contribution in [0.5, 0.6) is 5.75 Å². The van der Waals surface area contributed by atoms with Gasteiger partial charge in [0.15, 0.2) is 0 Å². The van der Waals surface area contributed by atoms with Crippen LogP contribution in [-0.4, -0.2) is 30.9 Å². The van der Waals surface area contributed by atoms with Gasteiger partial charge in [0.25, 0.3) is 0 Å². The Morgan fingerprint density at radius 2 is 1.76 bits per heavy atom. The van der Waals surface area contributed by atoms with Crippen LogP contribution >= 0.6 is 0 Å². The Morgan fingerprint density at radius 3 is 2.52 bits per heavy atom. The minimum Gasteiger partial charge on any atom is -0.491 e. The molecule has 0 heterocycles. The van der Waals surface area contributed by atoms with Crippen molar-refractivity contribution in [1.29, 1.82) is 0 Å². The van der Waals surface area contributed by atoms with Crippen molar-refractivity contribution in [2.24, 2.45) is 0 Å². The number of rotatable bonds is 8. The third-order valence-electron chi connectivity index (χ3n) is 3.19. The molecule has 112 valence electrons. The van der Waals surface area contributed by atoms with Crippen molar-refractivity contribution in [2.75, 3.05) is 25.4 Å². The maximum absolute atomic E-state index is 9.85. The Bertz CT molecular complexity index is 531. The Kier molecular flexibility index (Phi) is 6.06. The van der Waals surface area contributed by atoms with Crippen LogP contribution in [0, 0.1) is 0 Å². The van der Waals surface area contributed by atoms with Crippen LogP contribution in [0.25, 0.3) is 0 Å². The van der Waals surface area contributed by atoms with Gasteiger partial charge in [-0.2, -0.15) is 0 Å². The van der Waals surface area contributed by atoms with Gasteiger partial charge < -0.3 is 20.9 Å². The minimum atomic E-state index is -0.529. The molecule has 0 aromatic heterocycles. The lowest BCUT2D eigenvalue weighted by molar-refractivity contribution is 0.106. The first-order chi connectivity index (χ1) is 10.3. The van der Waals surface area contributed by atoms with E-state index in [0.717, 1.165) is 30.0 Å². The lowest BCUT2D eigenvalue weighted by Crippen LogP contribution is -2.32. The average molecular weight is 286 g/mol. The first kappa shape index (κ1) is 15.4. The summed E-state index contributed by atoms with van der Waals surface area (Å²) in [5.41, 5.74) is 7.81. The summed E-state index contributed by atoms with van der Waals surface area (Å²) in [4.78, 5) is 0. The number of anilines is 1. The highest BCUT2D eigenvalue weighted by Gasteiger charge is 2.05. The Hall–Kier alpha value is -2.04. The molecule has 21 heavy (non-hydrogen) atoms. The molecule has 2 aromatic carbocycles. The molecule has 0 aliphatic rings. The van der Waals surface area contributed by atoms with E-state index >= 15 is 0 Å². The van der Waals surface area contributed by atoms with Crippen LogP contribution in [0.4, 0.5) is 5.69 Å². The summed E-state index contributed by atoms with van der Waals surface area (Å²) in [6, 6.07) is 17.3. The first-order valence-corrected chi connectivity index (χ1v) is 7.15. The van der Waals surface area contributed by atoms with Crippen LogP contribution in [0.2, 0.25) is 0 Å². The van der Waals surface area contributed by atoms with Gasteiger partial charge in [-0.05, 0) is 36.7 Å². The van der Waals surface area contributed by atoms with E-state index in [2.05, 4.69) is 5.32 Å². The molecule has 0 bridgehead atoms.